The minimum absolute atomic E-state index is 0.514. The molecule has 27 heavy (non-hydrogen) atoms. The summed E-state index contributed by atoms with van der Waals surface area (Å²) in [6.07, 6.45) is -17.2. The Bertz CT molecular complexity index is 571. The van der Waals surface area contributed by atoms with E-state index < -0.39 is 70.2 Å². The van der Waals surface area contributed by atoms with Gasteiger partial charge in [-0.1, -0.05) is 12.2 Å². The predicted octanol–water partition coefficient (Wildman–Crippen LogP) is 5.47. The molecular formula is C14H16F10O2S. The molecule has 0 saturated carbocycles. The molecule has 0 heterocycles. The first-order valence-corrected chi connectivity index (χ1v) is 8.81. The lowest BCUT2D eigenvalue weighted by atomic mass is 10.1. The minimum atomic E-state index is -5.94. The molecule has 0 bridgehead atoms. The Balaban J connectivity index is 5.35. The van der Waals surface area contributed by atoms with Gasteiger partial charge in [-0.25, -0.2) is 8.42 Å². The Labute approximate surface area is 148 Å². The highest BCUT2D eigenvalue weighted by Gasteiger charge is 2.58. The molecule has 2 atom stereocenters. The topological polar surface area (TPSA) is 34.1 Å². The smallest absolute Gasteiger partial charge is 0.228 e. The van der Waals surface area contributed by atoms with Gasteiger partial charge in [0, 0.05) is 12.8 Å². The second kappa shape index (κ2) is 8.39. The van der Waals surface area contributed by atoms with Crippen molar-refractivity contribution in [3.63, 3.8) is 0 Å². The SMILES string of the molecule is C=CC(CCC(F)(F)C(F)(F)F)S(=O)(=O)C(C=C)CCC(F)(F)C(F)(F)F. The molecule has 2 nitrogen and oxygen atoms in total. The van der Waals surface area contributed by atoms with Gasteiger partial charge in [-0.2, -0.15) is 43.9 Å². The summed E-state index contributed by atoms with van der Waals surface area (Å²) in [6, 6.07) is 0. The molecule has 13 heteroatoms. The van der Waals surface area contributed by atoms with Crippen LogP contribution in [0.2, 0.25) is 0 Å². The molecule has 0 spiro atoms. The van der Waals surface area contributed by atoms with Crippen LogP contribution >= 0.6 is 0 Å². The van der Waals surface area contributed by atoms with E-state index in [1.54, 1.807) is 0 Å². The van der Waals surface area contributed by atoms with E-state index in [4.69, 9.17) is 0 Å². The second-order valence-electron chi connectivity index (χ2n) is 5.62. The first-order chi connectivity index (χ1) is 11.8. The van der Waals surface area contributed by atoms with Crippen molar-refractivity contribution in [2.24, 2.45) is 0 Å². The number of hydrogen-bond donors (Lipinski definition) is 0. The average Bonchev–Trinajstić information content (AvgIpc) is 2.45. The van der Waals surface area contributed by atoms with Crippen molar-refractivity contribution < 1.29 is 52.3 Å². The summed E-state index contributed by atoms with van der Waals surface area (Å²) in [5, 5.41) is -4.04. The molecule has 0 N–H and O–H groups in total. The van der Waals surface area contributed by atoms with Gasteiger partial charge in [0.1, 0.15) is 0 Å². The Kier molecular flexibility index (Phi) is 8.00. The van der Waals surface area contributed by atoms with Gasteiger partial charge in [0.05, 0.1) is 10.5 Å². The van der Waals surface area contributed by atoms with Gasteiger partial charge in [0.2, 0.25) is 0 Å². The van der Waals surface area contributed by atoms with E-state index >= 15 is 0 Å². The average molecular weight is 438 g/mol. The monoisotopic (exact) mass is 438 g/mol. The molecule has 0 amide bonds. The fraction of sp³-hybridized carbons (Fsp3) is 0.714. The maximum absolute atomic E-state index is 12.9. The predicted molar refractivity (Wildman–Crippen MR) is 77.4 cm³/mol. The van der Waals surface area contributed by atoms with Crippen LogP contribution in [0.3, 0.4) is 0 Å². The van der Waals surface area contributed by atoms with Crippen LogP contribution in [0.4, 0.5) is 43.9 Å². The van der Waals surface area contributed by atoms with Crippen molar-refractivity contribution >= 4 is 9.84 Å². The van der Waals surface area contributed by atoms with E-state index in [-0.39, 0.29) is 0 Å². The summed E-state index contributed by atoms with van der Waals surface area (Å²) in [6.45, 7) is 5.97. The van der Waals surface area contributed by atoms with E-state index in [1.165, 1.54) is 0 Å². The number of sulfone groups is 1. The highest BCUT2D eigenvalue weighted by Crippen LogP contribution is 2.41. The molecule has 2 unspecified atom stereocenters. The van der Waals surface area contributed by atoms with Gasteiger partial charge < -0.3 is 0 Å². The third-order valence-electron chi connectivity index (χ3n) is 3.68. The van der Waals surface area contributed by atoms with Crippen LogP contribution in [-0.2, 0) is 9.84 Å². The van der Waals surface area contributed by atoms with Crippen LogP contribution in [0.1, 0.15) is 25.7 Å². The molecule has 0 aromatic heterocycles. The van der Waals surface area contributed by atoms with Crippen molar-refractivity contribution in [2.45, 2.75) is 60.4 Å². The third-order valence-corrected chi connectivity index (χ3v) is 6.23. The molecule has 160 valence electrons. The van der Waals surface area contributed by atoms with Gasteiger partial charge >= 0.3 is 24.2 Å². The van der Waals surface area contributed by atoms with Gasteiger partial charge in [-0.05, 0) is 12.8 Å². The van der Waals surface area contributed by atoms with Crippen molar-refractivity contribution in [3.05, 3.63) is 25.3 Å². The summed E-state index contributed by atoms with van der Waals surface area (Å²) in [4.78, 5) is 0. The third kappa shape index (κ3) is 6.39. The minimum Gasteiger partial charge on any atom is -0.228 e. The molecule has 0 radical (unpaired) electrons. The summed E-state index contributed by atoms with van der Waals surface area (Å²) < 4.78 is 149. The molecule has 0 aliphatic heterocycles. The molecular weight excluding hydrogens is 422 g/mol. The first-order valence-electron chi connectivity index (χ1n) is 7.20. The second-order valence-corrected chi connectivity index (χ2v) is 8.01. The molecule has 0 fully saturated rings. The van der Waals surface area contributed by atoms with E-state index in [0.29, 0.717) is 12.2 Å². The quantitative estimate of drug-likeness (QED) is 0.335. The lowest BCUT2D eigenvalue weighted by molar-refractivity contribution is -0.284. The number of halogens is 10. The lowest BCUT2D eigenvalue weighted by Crippen LogP contribution is -2.40. The molecule has 0 saturated heterocycles. The molecule has 0 aromatic rings. The van der Waals surface area contributed by atoms with Crippen molar-refractivity contribution in [2.75, 3.05) is 0 Å². The maximum atomic E-state index is 12.9. The molecule has 0 aliphatic carbocycles. The normalized spacial score (nSPS) is 16.7. The van der Waals surface area contributed by atoms with Crippen molar-refractivity contribution in [3.8, 4) is 0 Å². The summed E-state index contributed by atoms with van der Waals surface area (Å²) in [5.74, 6) is -10.4. The number of alkyl halides is 10. The van der Waals surface area contributed by atoms with Crippen LogP contribution < -0.4 is 0 Å². The number of rotatable bonds is 10. The van der Waals surface area contributed by atoms with Gasteiger partial charge in [0.25, 0.3) is 0 Å². The standard InChI is InChI=1S/C14H16F10O2S/c1-3-9(5-7-11(15,16)13(19,20)21)27(25,26)10(4-2)6-8-12(17,18)14(22,23)24/h3-4,9-10H,1-2,5-8H2. The van der Waals surface area contributed by atoms with Gasteiger partial charge in [-0.15, -0.1) is 13.2 Å². The summed E-state index contributed by atoms with van der Waals surface area (Å²) in [5.41, 5.74) is 0. The zero-order chi connectivity index (χ0) is 21.9. The van der Waals surface area contributed by atoms with Crippen LogP contribution in [0.15, 0.2) is 25.3 Å². The van der Waals surface area contributed by atoms with Crippen LogP contribution in [0.25, 0.3) is 0 Å². The molecule has 0 aromatic carbocycles. The summed E-state index contributed by atoms with van der Waals surface area (Å²) in [7, 11) is -4.74. The fourth-order valence-corrected chi connectivity index (χ4v) is 3.87. The lowest BCUT2D eigenvalue weighted by Gasteiger charge is -2.25. The van der Waals surface area contributed by atoms with Crippen LogP contribution in [0, 0.1) is 0 Å². The first kappa shape index (κ1) is 25.7. The Morgan fingerprint density at radius 2 is 0.926 bits per heavy atom. The van der Waals surface area contributed by atoms with Crippen LogP contribution in [0.5, 0.6) is 0 Å². The van der Waals surface area contributed by atoms with E-state index in [9.17, 15) is 52.3 Å². The van der Waals surface area contributed by atoms with Crippen LogP contribution in [-0.4, -0.2) is 43.1 Å². The zero-order valence-corrected chi connectivity index (χ0v) is 14.4. The van der Waals surface area contributed by atoms with E-state index in [0.717, 1.165) is 0 Å². The van der Waals surface area contributed by atoms with Crippen molar-refractivity contribution in [1.29, 1.82) is 0 Å². The summed E-state index contributed by atoms with van der Waals surface area (Å²) >= 11 is 0. The zero-order valence-electron chi connectivity index (χ0n) is 13.6. The Morgan fingerprint density at radius 1 is 0.667 bits per heavy atom. The van der Waals surface area contributed by atoms with E-state index in [2.05, 4.69) is 13.2 Å². The molecule has 0 rings (SSSR count). The Hall–Kier alpha value is -1.27. The van der Waals surface area contributed by atoms with Gasteiger partial charge in [-0.3, -0.25) is 0 Å². The largest absolute Gasteiger partial charge is 0.453 e. The molecule has 0 aliphatic rings. The van der Waals surface area contributed by atoms with Gasteiger partial charge in [0.15, 0.2) is 9.84 Å². The maximum Gasteiger partial charge on any atom is 0.453 e. The van der Waals surface area contributed by atoms with E-state index in [1.807, 2.05) is 0 Å². The van der Waals surface area contributed by atoms with Crippen molar-refractivity contribution in [1.82, 2.24) is 0 Å². The Morgan fingerprint density at radius 3 is 1.11 bits per heavy atom. The fourth-order valence-electron chi connectivity index (χ4n) is 1.99. The highest BCUT2D eigenvalue weighted by molar-refractivity contribution is 7.93. The number of hydrogen-bond acceptors (Lipinski definition) is 2. The highest BCUT2D eigenvalue weighted by atomic mass is 32.2.